The van der Waals surface area contributed by atoms with E-state index >= 15 is 0 Å². The van der Waals surface area contributed by atoms with Crippen LogP contribution in [-0.2, 0) is 28.5 Å². The Morgan fingerprint density at radius 3 is 2.43 bits per heavy atom. The summed E-state index contributed by atoms with van der Waals surface area (Å²) in [4.78, 5) is 21.9. The zero-order chi connectivity index (χ0) is 16.0. The van der Waals surface area contributed by atoms with Crippen LogP contribution < -0.4 is 0 Å². The lowest BCUT2D eigenvalue weighted by atomic mass is 9.99. The first-order valence-electron chi connectivity index (χ1n) is 6.41. The minimum Gasteiger partial charge on any atom is -0.463 e. The fraction of sp³-hybridized carbons (Fsp3) is 0.692. The molecule has 0 radical (unpaired) electrons. The fourth-order valence-electron chi connectivity index (χ4n) is 1.86. The third kappa shape index (κ3) is 5.09. The van der Waals surface area contributed by atoms with Crippen molar-refractivity contribution in [1.82, 2.24) is 0 Å². The average Bonchev–Trinajstić information content (AvgIpc) is 2.41. The second kappa shape index (κ2) is 8.08. The smallest absolute Gasteiger partial charge is 0.303 e. The number of aliphatic hydroxyl groups is 2. The van der Waals surface area contributed by atoms with Gasteiger partial charge in [-0.2, -0.15) is 0 Å². The van der Waals surface area contributed by atoms with Crippen molar-refractivity contribution in [3.63, 3.8) is 0 Å². The molecule has 0 bridgehead atoms. The van der Waals surface area contributed by atoms with E-state index in [-0.39, 0.29) is 13.2 Å². The Morgan fingerprint density at radius 1 is 1.24 bits per heavy atom. The highest BCUT2D eigenvalue weighted by molar-refractivity contribution is 5.66. The van der Waals surface area contributed by atoms with Crippen LogP contribution in [0.15, 0.2) is 12.7 Å². The first-order valence-corrected chi connectivity index (χ1v) is 6.41. The molecule has 1 saturated heterocycles. The van der Waals surface area contributed by atoms with Crippen molar-refractivity contribution in [2.24, 2.45) is 0 Å². The van der Waals surface area contributed by atoms with E-state index < -0.39 is 42.6 Å². The predicted molar refractivity (Wildman–Crippen MR) is 69.0 cm³/mol. The van der Waals surface area contributed by atoms with Gasteiger partial charge in [0.05, 0.1) is 6.61 Å². The molecule has 0 aromatic carbocycles. The zero-order valence-corrected chi connectivity index (χ0v) is 11.9. The van der Waals surface area contributed by atoms with Gasteiger partial charge in [0.2, 0.25) is 0 Å². The molecule has 0 amide bonds. The predicted octanol–water partition coefficient (Wildman–Crippen LogP) is -0.869. The Balaban J connectivity index is 2.79. The molecule has 0 spiro atoms. The van der Waals surface area contributed by atoms with Crippen molar-refractivity contribution < 1.29 is 38.7 Å². The van der Waals surface area contributed by atoms with Gasteiger partial charge in [0.15, 0.2) is 12.4 Å². The minimum atomic E-state index is -1.43. The molecular weight excluding hydrogens is 284 g/mol. The molecule has 2 unspecified atom stereocenters. The standard InChI is InChI=1S/C13H20O8/c1-4-5-18-13-12(20-8(3)15)11(17)10(16)9(21-13)6-19-7(2)14/h4,9-13,16-17H,1,5-6H2,2-3H3/t9?,10-,11?,12-,13+/m0/s1. The van der Waals surface area contributed by atoms with E-state index in [4.69, 9.17) is 18.9 Å². The van der Waals surface area contributed by atoms with E-state index in [9.17, 15) is 19.8 Å². The van der Waals surface area contributed by atoms with Crippen LogP contribution in [0.3, 0.4) is 0 Å². The lowest BCUT2D eigenvalue weighted by Gasteiger charge is -2.41. The molecule has 2 N–H and O–H groups in total. The molecule has 8 nitrogen and oxygen atoms in total. The normalized spacial score (nSPS) is 32.3. The van der Waals surface area contributed by atoms with Crippen molar-refractivity contribution in [3.8, 4) is 0 Å². The van der Waals surface area contributed by atoms with E-state index in [0.29, 0.717) is 0 Å². The first-order chi connectivity index (χ1) is 9.86. The molecule has 1 fully saturated rings. The molecular formula is C13H20O8. The van der Waals surface area contributed by atoms with Crippen molar-refractivity contribution in [2.45, 2.75) is 44.6 Å². The van der Waals surface area contributed by atoms with Crippen molar-refractivity contribution in [3.05, 3.63) is 12.7 Å². The van der Waals surface area contributed by atoms with E-state index in [1.54, 1.807) is 0 Å². The summed E-state index contributed by atoms with van der Waals surface area (Å²) >= 11 is 0. The van der Waals surface area contributed by atoms with Crippen LogP contribution in [0.25, 0.3) is 0 Å². The summed E-state index contributed by atoms with van der Waals surface area (Å²) in [7, 11) is 0. The maximum Gasteiger partial charge on any atom is 0.303 e. The Kier molecular flexibility index (Phi) is 6.76. The van der Waals surface area contributed by atoms with Gasteiger partial charge in [-0.3, -0.25) is 9.59 Å². The van der Waals surface area contributed by atoms with Gasteiger partial charge in [0.25, 0.3) is 0 Å². The molecule has 0 aromatic heterocycles. The van der Waals surface area contributed by atoms with Crippen LogP contribution in [0.4, 0.5) is 0 Å². The summed E-state index contributed by atoms with van der Waals surface area (Å²) in [5, 5.41) is 20.0. The fourth-order valence-corrected chi connectivity index (χ4v) is 1.86. The molecule has 1 aliphatic heterocycles. The van der Waals surface area contributed by atoms with Gasteiger partial charge >= 0.3 is 11.9 Å². The lowest BCUT2D eigenvalue weighted by molar-refractivity contribution is -0.302. The molecule has 1 heterocycles. The van der Waals surface area contributed by atoms with Gasteiger partial charge in [0, 0.05) is 13.8 Å². The summed E-state index contributed by atoms with van der Waals surface area (Å²) in [6.07, 6.45) is -4.66. The second-order valence-electron chi connectivity index (χ2n) is 4.52. The van der Waals surface area contributed by atoms with Gasteiger partial charge in [-0.05, 0) is 0 Å². The van der Waals surface area contributed by atoms with Gasteiger partial charge < -0.3 is 29.2 Å². The SMILES string of the molecule is C=CCO[C@@H]1OC(COC(C)=O)[C@H](O)C(O)[C@@H]1OC(C)=O. The number of rotatable bonds is 6. The minimum absolute atomic E-state index is 0.0888. The summed E-state index contributed by atoms with van der Waals surface area (Å²) < 4.78 is 20.3. The largest absolute Gasteiger partial charge is 0.463 e. The highest BCUT2D eigenvalue weighted by atomic mass is 16.7. The Bertz CT molecular complexity index is 380. The van der Waals surface area contributed by atoms with Gasteiger partial charge in [-0.25, -0.2) is 0 Å². The summed E-state index contributed by atoms with van der Waals surface area (Å²) in [5.41, 5.74) is 0. The van der Waals surface area contributed by atoms with E-state index in [1.165, 1.54) is 13.0 Å². The third-order valence-corrected chi connectivity index (χ3v) is 2.78. The average molecular weight is 304 g/mol. The van der Waals surface area contributed by atoms with Crippen molar-refractivity contribution in [2.75, 3.05) is 13.2 Å². The summed E-state index contributed by atoms with van der Waals surface area (Å²) in [5.74, 6) is -1.20. The number of hydrogen-bond donors (Lipinski definition) is 2. The quantitative estimate of drug-likeness (QED) is 0.481. The highest BCUT2D eigenvalue weighted by Crippen LogP contribution is 2.25. The van der Waals surface area contributed by atoms with Gasteiger partial charge in [0.1, 0.15) is 24.9 Å². The number of ether oxygens (including phenoxy) is 4. The molecule has 1 aliphatic rings. The Labute approximate surface area is 122 Å². The molecule has 21 heavy (non-hydrogen) atoms. The van der Waals surface area contributed by atoms with E-state index in [2.05, 4.69) is 6.58 Å². The van der Waals surface area contributed by atoms with Gasteiger partial charge in [-0.1, -0.05) is 6.08 Å². The third-order valence-electron chi connectivity index (χ3n) is 2.78. The van der Waals surface area contributed by atoms with Crippen molar-refractivity contribution in [1.29, 1.82) is 0 Å². The highest BCUT2D eigenvalue weighted by Gasteiger charge is 2.47. The second-order valence-corrected chi connectivity index (χ2v) is 4.52. The maximum atomic E-state index is 11.1. The Morgan fingerprint density at radius 2 is 1.90 bits per heavy atom. The molecule has 8 heteroatoms. The summed E-state index contributed by atoms with van der Waals surface area (Å²) in [6, 6.07) is 0. The molecule has 0 saturated carbocycles. The zero-order valence-electron chi connectivity index (χ0n) is 11.9. The van der Waals surface area contributed by atoms with E-state index in [0.717, 1.165) is 6.92 Å². The molecule has 0 aliphatic carbocycles. The number of hydrogen-bond acceptors (Lipinski definition) is 8. The topological polar surface area (TPSA) is 112 Å². The molecule has 120 valence electrons. The Hall–Kier alpha value is -1.48. The summed E-state index contributed by atoms with van der Waals surface area (Å²) in [6.45, 7) is 5.68. The monoisotopic (exact) mass is 304 g/mol. The first kappa shape index (κ1) is 17.6. The number of aliphatic hydroxyl groups excluding tert-OH is 2. The van der Waals surface area contributed by atoms with E-state index in [1.807, 2.05) is 0 Å². The maximum absolute atomic E-state index is 11.1. The van der Waals surface area contributed by atoms with Crippen LogP contribution in [-0.4, -0.2) is 66.1 Å². The molecule has 0 aromatic rings. The molecule has 1 rings (SSSR count). The van der Waals surface area contributed by atoms with Crippen molar-refractivity contribution >= 4 is 11.9 Å². The van der Waals surface area contributed by atoms with Crippen LogP contribution in [0.5, 0.6) is 0 Å². The van der Waals surface area contributed by atoms with Crippen LogP contribution >= 0.6 is 0 Å². The lowest BCUT2D eigenvalue weighted by Crippen LogP contribution is -2.60. The van der Waals surface area contributed by atoms with Crippen LogP contribution in [0.1, 0.15) is 13.8 Å². The number of carbonyl (C=O) groups excluding carboxylic acids is 2. The van der Waals surface area contributed by atoms with Crippen LogP contribution in [0.2, 0.25) is 0 Å². The number of carbonyl (C=O) groups is 2. The van der Waals surface area contributed by atoms with Crippen LogP contribution in [0, 0.1) is 0 Å². The number of esters is 2. The molecule has 5 atom stereocenters. The van der Waals surface area contributed by atoms with Gasteiger partial charge in [-0.15, -0.1) is 6.58 Å².